The monoisotopic (exact) mass is 416 g/mol. The van der Waals surface area contributed by atoms with Gasteiger partial charge in [0.25, 0.3) is 0 Å². The maximum Gasteiger partial charge on any atom is 0.182 e. The van der Waals surface area contributed by atoms with Gasteiger partial charge in [-0.3, -0.25) is 4.79 Å². The summed E-state index contributed by atoms with van der Waals surface area (Å²) in [6.45, 7) is 0.197. The van der Waals surface area contributed by atoms with Crippen LogP contribution >= 0.6 is 22.6 Å². The molecule has 3 N–H and O–H groups in total. The molecule has 0 radical (unpaired) electrons. The molecule has 1 atom stereocenters. The fourth-order valence-electron chi connectivity index (χ4n) is 2.13. The smallest absolute Gasteiger partial charge is 0.182 e. The van der Waals surface area contributed by atoms with E-state index in [-0.39, 0.29) is 18.0 Å². The highest BCUT2D eigenvalue weighted by atomic mass is 127. The standard InChI is InChI=1S/C15H18IN3O3/c1-17(2)12-5-7-18(8-6-12)10-15(20)11-3-4-13(16)14(9-11)19(21)22/h3-9,12,19,21H,10H2,1-2H3/p+1. The summed E-state index contributed by atoms with van der Waals surface area (Å²) in [6, 6.07) is 5.07. The molecule has 0 spiro atoms. The van der Waals surface area contributed by atoms with Gasteiger partial charge in [-0.15, -0.1) is 0 Å². The van der Waals surface area contributed by atoms with Gasteiger partial charge in [0.1, 0.15) is 6.04 Å². The number of carbonyl (C=O) groups excluding carboxylic acids is 1. The van der Waals surface area contributed by atoms with Crippen LogP contribution in [0.5, 0.6) is 0 Å². The molecule has 2 rings (SSSR count). The maximum atomic E-state index is 12.3. The van der Waals surface area contributed by atoms with Gasteiger partial charge in [-0.2, -0.15) is 5.23 Å². The molecule has 1 aliphatic rings. The fourth-order valence-corrected chi connectivity index (χ4v) is 2.70. The van der Waals surface area contributed by atoms with E-state index in [4.69, 9.17) is 5.21 Å². The largest absolute Gasteiger partial charge is 0.595 e. The highest BCUT2D eigenvalue weighted by Crippen LogP contribution is 2.17. The molecule has 7 heteroatoms. The molecule has 0 fully saturated rings. The number of ketones is 1. The molecular weight excluding hydrogens is 397 g/mol. The number of nitrogens with one attached hydrogen (secondary N) is 2. The lowest BCUT2D eigenvalue weighted by molar-refractivity contribution is -0.991. The van der Waals surface area contributed by atoms with Gasteiger partial charge in [0.15, 0.2) is 11.5 Å². The Kier molecular flexibility index (Phi) is 5.70. The molecule has 1 unspecified atom stereocenters. The van der Waals surface area contributed by atoms with Crippen LogP contribution in [-0.2, 0) is 0 Å². The highest BCUT2D eigenvalue weighted by molar-refractivity contribution is 14.1. The average Bonchev–Trinajstić information content (AvgIpc) is 2.47. The van der Waals surface area contributed by atoms with Gasteiger partial charge in [-0.05, 0) is 46.9 Å². The van der Waals surface area contributed by atoms with Crippen LogP contribution in [0.4, 0.5) is 5.69 Å². The Bertz CT molecular complexity index is 600. The van der Waals surface area contributed by atoms with E-state index >= 15 is 0 Å². The molecule has 1 heterocycles. The van der Waals surface area contributed by atoms with E-state index < -0.39 is 5.23 Å². The number of rotatable bonds is 5. The van der Waals surface area contributed by atoms with E-state index in [1.165, 1.54) is 11.0 Å². The Morgan fingerprint density at radius 1 is 1.36 bits per heavy atom. The number of benzene rings is 1. The van der Waals surface area contributed by atoms with E-state index in [2.05, 4.69) is 14.1 Å². The van der Waals surface area contributed by atoms with Crippen LogP contribution < -0.4 is 10.1 Å². The minimum atomic E-state index is -1.02. The second kappa shape index (κ2) is 7.34. The number of Topliss-reactive ketones (excluding diaryl/α,β-unsaturated/α-hetero) is 1. The number of quaternary nitrogens is 2. The molecule has 0 saturated carbocycles. The fraction of sp³-hybridized carbons (Fsp3) is 0.267. The summed E-state index contributed by atoms with van der Waals surface area (Å²) in [4.78, 5) is 15.4. The quantitative estimate of drug-likeness (QED) is 0.351. The third-order valence-corrected chi connectivity index (χ3v) is 4.42. The Morgan fingerprint density at radius 3 is 2.55 bits per heavy atom. The number of hydrogen-bond acceptors (Lipinski definition) is 4. The van der Waals surface area contributed by atoms with Crippen molar-refractivity contribution in [2.24, 2.45) is 0 Å². The minimum absolute atomic E-state index is 0.108. The lowest BCUT2D eigenvalue weighted by Gasteiger charge is -2.23. The highest BCUT2D eigenvalue weighted by Gasteiger charge is 2.16. The topological polar surface area (TPSA) is 72.5 Å². The molecule has 1 aromatic rings. The van der Waals surface area contributed by atoms with E-state index in [9.17, 15) is 10.0 Å². The van der Waals surface area contributed by atoms with Gasteiger partial charge in [0.05, 0.1) is 24.2 Å². The van der Waals surface area contributed by atoms with Crippen LogP contribution in [0.1, 0.15) is 10.4 Å². The van der Waals surface area contributed by atoms with Crippen LogP contribution in [0.2, 0.25) is 0 Å². The summed E-state index contributed by atoms with van der Waals surface area (Å²) in [6.07, 6.45) is 7.86. The Morgan fingerprint density at radius 2 is 2.00 bits per heavy atom. The average molecular weight is 416 g/mol. The molecule has 1 aliphatic heterocycles. The van der Waals surface area contributed by atoms with Crippen molar-refractivity contribution in [2.75, 3.05) is 20.6 Å². The van der Waals surface area contributed by atoms with Crippen LogP contribution in [-0.4, -0.2) is 42.6 Å². The van der Waals surface area contributed by atoms with Crippen LogP contribution in [0.3, 0.4) is 0 Å². The van der Waals surface area contributed by atoms with Gasteiger partial charge in [-0.25, -0.2) is 5.21 Å². The first-order chi connectivity index (χ1) is 10.4. The molecule has 6 nitrogen and oxygen atoms in total. The van der Waals surface area contributed by atoms with Gasteiger partial charge in [0, 0.05) is 24.0 Å². The van der Waals surface area contributed by atoms with Crippen molar-refractivity contribution in [1.82, 2.24) is 4.90 Å². The number of nitrogens with zero attached hydrogens (tertiary/aromatic N) is 1. The van der Waals surface area contributed by atoms with Crippen molar-refractivity contribution in [2.45, 2.75) is 6.04 Å². The van der Waals surface area contributed by atoms with Crippen molar-refractivity contribution in [3.8, 4) is 0 Å². The van der Waals surface area contributed by atoms with Gasteiger partial charge < -0.3 is 15.0 Å². The molecule has 22 heavy (non-hydrogen) atoms. The normalized spacial score (nSPS) is 16.4. The molecule has 1 aromatic carbocycles. The lowest BCUT2D eigenvalue weighted by atomic mass is 10.1. The van der Waals surface area contributed by atoms with Gasteiger partial charge >= 0.3 is 0 Å². The zero-order valence-electron chi connectivity index (χ0n) is 12.4. The zero-order chi connectivity index (χ0) is 16.3. The first-order valence-electron chi connectivity index (χ1n) is 6.87. The Balaban J connectivity index is 2.06. The predicted molar refractivity (Wildman–Crippen MR) is 90.9 cm³/mol. The molecule has 0 saturated heterocycles. The Hall–Kier alpha value is -1.26. The van der Waals surface area contributed by atoms with E-state index in [1.807, 2.05) is 47.1 Å². The van der Waals surface area contributed by atoms with Crippen LogP contribution in [0, 0.1) is 8.78 Å². The van der Waals surface area contributed by atoms with Crippen LogP contribution in [0.15, 0.2) is 42.8 Å². The van der Waals surface area contributed by atoms with E-state index in [1.54, 1.807) is 17.0 Å². The molecule has 0 amide bonds. The maximum absolute atomic E-state index is 12.3. The molecule has 0 aliphatic carbocycles. The lowest BCUT2D eigenvalue weighted by Crippen LogP contribution is -3.09. The van der Waals surface area contributed by atoms with Crippen molar-refractivity contribution in [1.29, 1.82) is 0 Å². The molecule has 118 valence electrons. The summed E-state index contributed by atoms with van der Waals surface area (Å²) in [5, 5.41) is 19.2. The molecule has 0 aromatic heterocycles. The first kappa shape index (κ1) is 17.1. The molecule has 0 bridgehead atoms. The summed E-state index contributed by atoms with van der Waals surface area (Å²) < 4.78 is 0.621. The summed E-state index contributed by atoms with van der Waals surface area (Å²) in [5.74, 6) is -0.108. The number of halogens is 1. The van der Waals surface area contributed by atoms with Crippen molar-refractivity contribution in [3.05, 3.63) is 57.1 Å². The van der Waals surface area contributed by atoms with Gasteiger partial charge in [-0.1, -0.05) is 0 Å². The summed E-state index contributed by atoms with van der Waals surface area (Å²) in [5.41, 5.74) is 0.576. The first-order valence-corrected chi connectivity index (χ1v) is 7.95. The number of likely N-dealkylation sites (N-methyl/N-ethyl adjacent to an activating group) is 1. The predicted octanol–water partition coefficient (Wildman–Crippen LogP) is -0.267. The van der Waals surface area contributed by atoms with Gasteiger partial charge in [0.2, 0.25) is 0 Å². The summed E-state index contributed by atoms with van der Waals surface area (Å²) in [7, 11) is 4.14. The summed E-state index contributed by atoms with van der Waals surface area (Å²) >= 11 is 1.95. The molecular formula is C15H19IN3O3+. The Labute approximate surface area is 143 Å². The SMILES string of the molecule is C[NH+](C)C1C=CN(CC(=O)c2ccc(I)c([NH+]([O-])O)c2)C=C1. The van der Waals surface area contributed by atoms with Crippen molar-refractivity contribution in [3.63, 3.8) is 0 Å². The third kappa shape index (κ3) is 4.14. The second-order valence-corrected chi connectivity index (χ2v) is 6.54. The number of carbonyl (C=O) groups is 1. The minimum Gasteiger partial charge on any atom is -0.595 e. The second-order valence-electron chi connectivity index (χ2n) is 5.38. The van der Waals surface area contributed by atoms with E-state index in [0.717, 1.165) is 0 Å². The van der Waals surface area contributed by atoms with Crippen LogP contribution in [0.25, 0.3) is 0 Å². The van der Waals surface area contributed by atoms with Crippen molar-refractivity contribution >= 4 is 34.1 Å². The van der Waals surface area contributed by atoms with E-state index in [0.29, 0.717) is 15.2 Å². The number of hydrogen-bond donors (Lipinski definition) is 3. The zero-order valence-corrected chi connectivity index (χ0v) is 14.6. The third-order valence-electron chi connectivity index (χ3n) is 3.48. The van der Waals surface area contributed by atoms with Crippen molar-refractivity contribution < 1.29 is 20.1 Å².